The molecule has 0 radical (unpaired) electrons. The van der Waals surface area contributed by atoms with Crippen molar-refractivity contribution in [3.05, 3.63) is 71.8 Å². The van der Waals surface area contributed by atoms with E-state index in [4.69, 9.17) is 9.47 Å². The fourth-order valence-electron chi connectivity index (χ4n) is 5.88. The lowest BCUT2D eigenvalue weighted by atomic mass is 9.58. The van der Waals surface area contributed by atoms with Gasteiger partial charge in [0, 0.05) is 0 Å². The zero-order chi connectivity index (χ0) is 22.9. The van der Waals surface area contributed by atoms with Gasteiger partial charge in [0.25, 0.3) is 0 Å². The summed E-state index contributed by atoms with van der Waals surface area (Å²) in [4.78, 5) is 27.9. The van der Waals surface area contributed by atoms with Gasteiger partial charge in [-0.3, -0.25) is 9.59 Å². The summed E-state index contributed by atoms with van der Waals surface area (Å²) in [6.07, 6.45) is 10.1. The van der Waals surface area contributed by atoms with Crippen LogP contribution in [0.1, 0.15) is 75.3 Å². The van der Waals surface area contributed by atoms with Crippen molar-refractivity contribution in [3.8, 4) is 0 Å². The molecule has 0 saturated heterocycles. The molecule has 0 aliphatic heterocycles. The van der Waals surface area contributed by atoms with Gasteiger partial charge >= 0.3 is 11.9 Å². The molecule has 0 atom stereocenters. The molecular weight excluding hydrogens is 412 g/mol. The van der Waals surface area contributed by atoms with Crippen LogP contribution in [0.2, 0.25) is 0 Å². The summed E-state index contributed by atoms with van der Waals surface area (Å²) in [5, 5.41) is 0. The molecule has 0 aromatic heterocycles. The van der Waals surface area contributed by atoms with Gasteiger partial charge in [0.15, 0.2) is 5.41 Å². The van der Waals surface area contributed by atoms with Crippen molar-refractivity contribution in [2.24, 2.45) is 17.3 Å². The molecule has 0 bridgehead atoms. The van der Waals surface area contributed by atoms with Gasteiger partial charge < -0.3 is 9.47 Å². The van der Waals surface area contributed by atoms with E-state index in [2.05, 4.69) is 0 Å². The molecule has 2 fully saturated rings. The fraction of sp³-hybridized carbons (Fsp3) is 0.517. The molecule has 4 heteroatoms. The topological polar surface area (TPSA) is 52.6 Å². The second-order valence-electron chi connectivity index (χ2n) is 9.66. The van der Waals surface area contributed by atoms with E-state index in [-0.39, 0.29) is 37.0 Å². The average molecular weight is 449 g/mol. The predicted octanol–water partition coefficient (Wildman–Crippen LogP) is 6.62. The minimum absolute atomic E-state index is 0.0131. The van der Waals surface area contributed by atoms with E-state index in [0.29, 0.717) is 0 Å². The maximum Gasteiger partial charge on any atom is 0.324 e. The van der Waals surface area contributed by atoms with Crippen molar-refractivity contribution >= 4 is 11.9 Å². The maximum absolute atomic E-state index is 14.0. The molecule has 4 nitrogen and oxygen atoms in total. The number of ether oxygens (including phenoxy) is 2. The Kier molecular flexibility index (Phi) is 8.20. The van der Waals surface area contributed by atoms with Crippen LogP contribution >= 0.6 is 0 Å². The van der Waals surface area contributed by atoms with Gasteiger partial charge in [-0.05, 0) is 48.6 Å². The highest BCUT2D eigenvalue weighted by atomic mass is 16.6. The number of hydrogen-bond donors (Lipinski definition) is 0. The molecule has 0 unspecified atom stereocenters. The number of benzene rings is 2. The van der Waals surface area contributed by atoms with Crippen LogP contribution in [-0.2, 0) is 32.3 Å². The van der Waals surface area contributed by atoms with Gasteiger partial charge in [-0.15, -0.1) is 0 Å². The molecule has 2 saturated carbocycles. The smallest absolute Gasteiger partial charge is 0.324 e. The molecule has 0 N–H and O–H groups in total. The van der Waals surface area contributed by atoms with E-state index in [0.717, 1.165) is 75.3 Å². The van der Waals surface area contributed by atoms with Crippen LogP contribution in [0.3, 0.4) is 0 Å². The molecule has 33 heavy (non-hydrogen) atoms. The summed E-state index contributed by atoms with van der Waals surface area (Å²) in [6, 6.07) is 19.4. The van der Waals surface area contributed by atoms with Crippen molar-refractivity contribution in [2.75, 3.05) is 0 Å². The summed E-state index contributed by atoms with van der Waals surface area (Å²) in [5.74, 6) is -0.770. The molecule has 176 valence electrons. The van der Waals surface area contributed by atoms with Crippen LogP contribution < -0.4 is 0 Å². The van der Waals surface area contributed by atoms with Crippen molar-refractivity contribution in [2.45, 2.75) is 77.4 Å². The largest absolute Gasteiger partial charge is 0.460 e. The fourth-order valence-corrected chi connectivity index (χ4v) is 5.88. The Bertz CT molecular complexity index is 805. The first kappa shape index (κ1) is 23.5. The predicted molar refractivity (Wildman–Crippen MR) is 128 cm³/mol. The summed E-state index contributed by atoms with van der Waals surface area (Å²) >= 11 is 0. The van der Waals surface area contributed by atoms with Gasteiger partial charge in [0.1, 0.15) is 13.2 Å². The highest BCUT2D eigenvalue weighted by molar-refractivity contribution is 6.01. The zero-order valence-corrected chi connectivity index (χ0v) is 19.5. The van der Waals surface area contributed by atoms with Crippen molar-refractivity contribution in [1.82, 2.24) is 0 Å². The van der Waals surface area contributed by atoms with Crippen LogP contribution in [0.5, 0.6) is 0 Å². The van der Waals surface area contributed by atoms with Crippen LogP contribution in [0.4, 0.5) is 0 Å². The molecular formula is C29H36O4. The summed E-state index contributed by atoms with van der Waals surface area (Å²) in [5.41, 5.74) is 0.666. The number of carbonyl (C=O) groups excluding carboxylic acids is 2. The van der Waals surface area contributed by atoms with Crippen molar-refractivity contribution in [1.29, 1.82) is 0 Å². The first-order valence-electron chi connectivity index (χ1n) is 12.6. The third-order valence-corrected chi connectivity index (χ3v) is 7.60. The quantitative estimate of drug-likeness (QED) is 0.336. The number of hydrogen-bond acceptors (Lipinski definition) is 4. The van der Waals surface area contributed by atoms with Crippen LogP contribution in [0, 0.1) is 17.3 Å². The van der Waals surface area contributed by atoms with Crippen LogP contribution in [0.15, 0.2) is 60.7 Å². The van der Waals surface area contributed by atoms with E-state index in [1.54, 1.807) is 0 Å². The third kappa shape index (κ3) is 5.48. The Balaban J connectivity index is 1.63. The Hall–Kier alpha value is -2.62. The first-order valence-corrected chi connectivity index (χ1v) is 12.6. The molecule has 4 rings (SSSR count). The number of rotatable bonds is 8. The van der Waals surface area contributed by atoms with Gasteiger partial charge in [0.2, 0.25) is 0 Å². The molecule has 2 aliphatic carbocycles. The minimum atomic E-state index is -1.20. The third-order valence-electron chi connectivity index (χ3n) is 7.60. The minimum Gasteiger partial charge on any atom is -0.460 e. The van der Waals surface area contributed by atoms with E-state index in [1.165, 1.54) is 0 Å². The average Bonchev–Trinajstić information content (AvgIpc) is 2.89. The second-order valence-corrected chi connectivity index (χ2v) is 9.66. The van der Waals surface area contributed by atoms with Gasteiger partial charge in [0.05, 0.1) is 0 Å². The van der Waals surface area contributed by atoms with Gasteiger partial charge in [-0.1, -0.05) is 99.2 Å². The lowest BCUT2D eigenvalue weighted by molar-refractivity contribution is -0.188. The zero-order valence-electron chi connectivity index (χ0n) is 19.5. The lowest BCUT2D eigenvalue weighted by Crippen LogP contribution is -2.54. The normalized spacial score (nSPS) is 17.9. The molecule has 2 aliphatic rings. The molecule has 2 aromatic rings. The van der Waals surface area contributed by atoms with E-state index < -0.39 is 5.41 Å². The number of esters is 2. The van der Waals surface area contributed by atoms with E-state index >= 15 is 0 Å². The van der Waals surface area contributed by atoms with Gasteiger partial charge in [-0.2, -0.15) is 0 Å². The van der Waals surface area contributed by atoms with E-state index in [9.17, 15) is 9.59 Å². The monoisotopic (exact) mass is 448 g/mol. The Morgan fingerprint density at radius 1 is 0.606 bits per heavy atom. The molecule has 0 heterocycles. The summed E-state index contributed by atoms with van der Waals surface area (Å²) < 4.78 is 11.9. The lowest BCUT2D eigenvalue weighted by Gasteiger charge is -2.44. The highest BCUT2D eigenvalue weighted by Gasteiger charge is 2.59. The van der Waals surface area contributed by atoms with E-state index in [1.807, 2.05) is 60.7 Å². The van der Waals surface area contributed by atoms with Crippen molar-refractivity contribution < 1.29 is 19.1 Å². The summed E-state index contributed by atoms with van der Waals surface area (Å²) in [6.45, 7) is 0.375. The first-order chi connectivity index (χ1) is 16.2. The molecule has 0 spiro atoms. The van der Waals surface area contributed by atoms with Crippen molar-refractivity contribution in [3.63, 3.8) is 0 Å². The summed E-state index contributed by atoms with van der Waals surface area (Å²) in [7, 11) is 0. The Morgan fingerprint density at radius 2 is 0.970 bits per heavy atom. The Labute approximate surface area is 197 Å². The van der Waals surface area contributed by atoms with Gasteiger partial charge in [-0.25, -0.2) is 0 Å². The molecule has 0 amide bonds. The van der Waals surface area contributed by atoms with Crippen LogP contribution in [-0.4, -0.2) is 11.9 Å². The number of carbonyl (C=O) groups is 2. The SMILES string of the molecule is O=C(OCc1ccccc1)C(C(=O)OCc1ccccc1)(C1CCCCC1)C1CCCCC1. The second kappa shape index (κ2) is 11.5. The molecule has 2 aromatic carbocycles. The highest BCUT2D eigenvalue weighted by Crippen LogP contribution is 2.51. The standard InChI is InChI=1S/C29H36O4/c30-27(32-21-23-13-5-1-6-14-23)29(25-17-9-3-10-18-25,26-19-11-4-12-20-26)28(31)33-22-24-15-7-2-8-16-24/h1-2,5-8,13-16,25-26H,3-4,9-12,17-22H2. The Morgan fingerprint density at radius 3 is 1.33 bits per heavy atom. The maximum atomic E-state index is 14.0. The van der Waals surface area contributed by atoms with Crippen LogP contribution in [0.25, 0.3) is 0 Å².